The first kappa shape index (κ1) is 30.8. The van der Waals surface area contributed by atoms with Crippen molar-refractivity contribution in [2.24, 2.45) is 0 Å². The second-order valence-electron chi connectivity index (χ2n) is 9.32. The molecule has 1 atom stereocenters. The topological polar surface area (TPSA) is 105 Å². The van der Waals surface area contributed by atoms with Crippen LogP contribution in [0.3, 0.4) is 0 Å². The van der Waals surface area contributed by atoms with Gasteiger partial charge in [0.25, 0.3) is 10.0 Å². The van der Waals surface area contributed by atoms with Gasteiger partial charge in [-0.05, 0) is 56.7 Å². The number of hydrogen-bond donors (Lipinski definition) is 1. The van der Waals surface area contributed by atoms with E-state index in [0.29, 0.717) is 16.3 Å². The lowest BCUT2D eigenvalue weighted by atomic mass is 10.1. The van der Waals surface area contributed by atoms with Crippen LogP contribution in [0.4, 0.5) is 5.69 Å². The summed E-state index contributed by atoms with van der Waals surface area (Å²) in [6, 6.07) is 18.4. The van der Waals surface area contributed by atoms with Gasteiger partial charge in [0.2, 0.25) is 11.8 Å². The Morgan fingerprint density at radius 2 is 1.52 bits per heavy atom. The minimum absolute atomic E-state index is 0.00419. The molecule has 0 bridgehead atoms. The third kappa shape index (κ3) is 7.25. The van der Waals surface area contributed by atoms with E-state index in [1.165, 1.54) is 37.3 Å². The van der Waals surface area contributed by atoms with Crippen LogP contribution in [0, 0.1) is 0 Å². The van der Waals surface area contributed by atoms with Gasteiger partial charge in [-0.3, -0.25) is 13.9 Å². The Bertz CT molecular complexity index is 1430. The van der Waals surface area contributed by atoms with Crippen LogP contribution in [0.5, 0.6) is 11.5 Å². The molecule has 0 spiro atoms. The van der Waals surface area contributed by atoms with Crippen molar-refractivity contribution < 1.29 is 27.5 Å². The first-order valence-corrected chi connectivity index (χ1v) is 14.4. The van der Waals surface area contributed by atoms with E-state index in [2.05, 4.69) is 5.32 Å². The van der Waals surface area contributed by atoms with Crippen molar-refractivity contribution in [2.75, 3.05) is 25.1 Å². The predicted molar refractivity (Wildman–Crippen MR) is 155 cm³/mol. The van der Waals surface area contributed by atoms with Crippen molar-refractivity contribution in [2.45, 2.75) is 44.3 Å². The molecular formula is C29H34ClN3O6S. The van der Waals surface area contributed by atoms with E-state index in [9.17, 15) is 18.0 Å². The van der Waals surface area contributed by atoms with Gasteiger partial charge in [-0.25, -0.2) is 8.42 Å². The second kappa shape index (κ2) is 13.5. The van der Waals surface area contributed by atoms with Crippen molar-refractivity contribution in [3.8, 4) is 11.5 Å². The Kier molecular flexibility index (Phi) is 10.4. The zero-order valence-corrected chi connectivity index (χ0v) is 24.7. The Balaban J connectivity index is 2.05. The first-order chi connectivity index (χ1) is 19.0. The van der Waals surface area contributed by atoms with Crippen LogP contribution in [-0.4, -0.2) is 58.0 Å². The summed E-state index contributed by atoms with van der Waals surface area (Å²) >= 11 is 6.38. The molecule has 0 fully saturated rings. The average molecular weight is 588 g/mol. The number of anilines is 1. The van der Waals surface area contributed by atoms with Gasteiger partial charge in [0, 0.05) is 23.7 Å². The molecule has 0 aromatic heterocycles. The molecule has 1 N–H and O–H groups in total. The van der Waals surface area contributed by atoms with Gasteiger partial charge in [-0.1, -0.05) is 48.0 Å². The number of hydrogen-bond acceptors (Lipinski definition) is 6. The highest BCUT2D eigenvalue weighted by atomic mass is 35.5. The standard InChI is InChI=1S/C29H34ClN3O6S/c1-20(2)31-29(35)21(3)32(18-22-11-9-10-14-25(22)30)28(34)19-33(23-12-7-6-8-13-23)40(36,37)24-15-16-26(38-4)27(17-24)39-5/h6-17,20-21H,18-19H2,1-5H3,(H,31,35)/t21-/m1/s1. The quantitative estimate of drug-likeness (QED) is 0.335. The fourth-order valence-corrected chi connectivity index (χ4v) is 5.65. The third-order valence-corrected chi connectivity index (χ3v) is 8.30. The number of ether oxygens (including phenoxy) is 2. The molecule has 11 heteroatoms. The number of nitrogens with zero attached hydrogens (tertiary/aromatic N) is 2. The molecule has 0 radical (unpaired) electrons. The highest BCUT2D eigenvalue weighted by molar-refractivity contribution is 7.92. The molecule has 3 rings (SSSR count). The summed E-state index contributed by atoms with van der Waals surface area (Å²) in [7, 11) is -1.41. The molecule has 0 aliphatic rings. The van der Waals surface area contributed by atoms with Crippen LogP contribution in [0.2, 0.25) is 5.02 Å². The number of benzene rings is 3. The van der Waals surface area contributed by atoms with Crippen LogP contribution < -0.4 is 19.1 Å². The minimum atomic E-state index is -4.26. The van der Waals surface area contributed by atoms with E-state index < -0.39 is 28.5 Å². The van der Waals surface area contributed by atoms with Crippen molar-refractivity contribution in [3.63, 3.8) is 0 Å². The van der Waals surface area contributed by atoms with E-state index in [1.807, 2.05) is 13.8 Å². The van der Waals surface area contributed by atoms with E-state index in [4.69, 9.17) is 21.1 Å². The lowest BCUT2D eigenvalue weighted by Gasteiger charge is -2.32. The molecule has 214 valence electrons. The average Bonchev–Trinajstić information content (AvgIpc) is 2.94. The summed E-state index contributed by atoms with van der Waals surface area (Å²) in [5, 5.41) is 3.24. The van der Waals surface area contributed by atoms with Gasteiger partial charge < -0.3 is 19.7 Å². The van der Waals surface area contributed by atoms with Crippen LogP contribution in [-0.2, 0) is 26.2 Å². The molecule has 2 amide bonds. The van der Waals surface area contributed by atoms with Gasteiger partial charge in [0.1, 0.15) is 12.6 Å². The summed E-state index contributed by atoms with van der Waals surface area (Å²) in [6.07, 6.45) is 0. The number of para-hydroxylation sites is 1. The lowest BCUT2D eigenvalue weighted by molar-refractivity contribution is -0.139. The minimum Gasteiger partial charge on any atom is -0.493 e. The summed E-state index contributed by atoms with van der Waals surface area (Å²) in [5.74, 6) is -0.370. The molecule has 0 unspecified atom stereocenters. The first-order valence-electron chi connectivity index (χ1n) is 12.6. The molecular weight excluding hydrogens is 554 g/mol. The highest BCUT2D eigenvalue weighted by Gasteiger charge is 2.33. The number of carbonyl (C=O) groups excluding carboxylic acids is 2. The fraction of sp³-hybridized carbons (Fsp3) is 0.310. The number of halogens is 1. The monoisotopic (exact) mass is 587 g/mol. The zero-order valence-electron chi connectivity index (χ0n) is 23.1. The van der Waals surface area contributed by atoms with Gasteiger partial charge in [-0.2, -0.15) is 0 Å². The van der Waals surface area contributed by atoms with Crippen molar-refractivity contribution in [1.29, 1.82) is 0 Å². The maximum absolute atomic E-state index is 14.0. The molecule has 0 aliphatic carbocycles. The maximum atomic E-state index is 14.0. The third-order valence-electron chi connectivity index (χ3n) is 6.16. The summed E-state index contributed by atoms with van der Waals surface area (Å²) in [5.41, 5.74) is 0.901. The summed E-state index contributed by atoms with van der Waals surface area (Å²) in [6.45, 7) is 4.67. The van der Waals surface area contributed by atoms with E-state index in [-0.39, 0.29) is 34.8 Å². The van der Waals surface area contributed by atoms with Gasteiger partial charge in [-0.15, -0.1) is 0 Å². The van der Waals surface area contributed by atoms with E-state index >= 15 is 0 Å². The zero-order chi connectivity index (χ0) is 29.4. The second-order valence-corrected chi connectivity index (χ2v) is 11.6. The molecule has 40 heavy (non-hydrogen) atoms. The molecule has 0 heterocycles. The molecule has 3 aromatic carbocycles. The largest absolute Gasteiger partial charge is 0.493 e. The van der Waals surface area contributed by atoms with Crippen molar-refractivity contribution in [3.05, 3.63) is 83.4 Å². The Morgan fingerprint density at radius 3 is 2.12 bits per heavy atom. The van der Waals surface area contributed by atoms with Gasteiger partial charge in [0.05, 0.1) is 24.8 Å². The Hall–Kier alpha value is -3.76. The molecule has 3 aromatic rings. The number of rotatable bonds is 12. The predicted octanol–water partition coefficient (Wildman–Crippen LogP) is 4.49. The smallest absolute Gasteiger partial charge is 0.264 e. The van der Waals surface area contributed by atoms with Crippen molar-refractivity contribution >= 4 is 39.1 Å². The van der Waals surface area contributed by atoms with Crippen LogP contribution in [0.25, 0.3) is 0 Å². The molecule has 0 aliphatic heterocycles. The number of sulfonamides is 1. The summed E-state index contributed by atoms with van der Waals surface area (Å²) < 4.78 is 39.5. The molecule has 0 saturated heterocycles. The van der Waals surface area contributed by atoms with Gasteiger partial charge >= 0.3 is 0 Å². The van der Waals surface area contributed by atoms with Gasteiger partial charge in [0.15, 0.2) is 11.5 Å². The number of amides is 2. The molecule has 9 nitrogen and oxygen atoms in total. The number of methoxy groups -OCH3 is 2. The van der Waals surface area contributed by atoms with E-state index in [1.54, 1.807) is 61.5 Å². The molecule has 0 saturated carbocycles. The Morgan fingerprint density at radius 1 is 0.900 bits per heavy atom. The van der Waals surface area contributed by atoms with Crippen LogP contribution >= 0.6 is 11.6 Å². The normalized spacial score (nSPS) is 12.0. The number of carbonyl (C=O) groups is 2. The van der Waals surface area contributed by atoms with Crippen molar-refractivity contribution in [1.82, 2.24) is 10.2 Å². The SMILES string of the molecule is COc1ccc(S(=O)(=O)N(CC(=O)N(Cc2ccccc2Cl)[C@H](C)C(=O)NC(C)C)c2ccccc2)cc1OC. The number of nitrogens with one attached hydrogen (secondary N) is 1. The maximum Gasteiger partial charge on any atom is 0.264 e. The van der Waals surface area contributed by atoms with E-state index in [0.717, 1.165) is 4.31 Å². The van der Waals surface area contributed by atoms with Crippen LogP contribution in [0.15, 0.2) is 77.7 Å². The fourth-order valence-electron chi connectivity index (χ4n) is 4.03. The Labute approximate surface area is 240 Å². The highest BCUT2D eigenvalue weighted by Crippen LogP contribution is 2.32. The summed E-state index contributed by atoms with van der Waals surface area (Å²) in [4.78, 5) is 28.2. The lowest BCUT2D eigenvalue weighted by Crippen LogP contribution is -2.52. The van der Waals surface area contributed by atoms with Crippen LogP contribution in [0.1, 0.15) is 26.3 Å².